The van der Waals surface area contributed by atoms with Crippen molar-refractivity contribution in [2.45, 2.75) is 39.3 Å². The molecule has 4 heteroatoms. The van der Waals surface area contributed by atoms with Crippen LogP contribution in [0.2, 0.25) is 0 Å². The van der Waals surface area contributed by atoms with Gasteiger partial charge in [-0.1, -0.05) is 0 Å². The van der Waals surface area contributed by atoms with Crippen LogP contribution in [0.25, 0.3) is 0 Å². The summed E-state index contributed by atoms with van der Waals surface area (Å²) < 4.78 is 0. The van der Waals surface area contributed by atoms with Gasteiger partial charge in [-0.25, -0.2) is 4.98 Å². The first kappa shape index (κ1) is 13.9. The molecule has 0 aromatic carbocycles. The molecule has 0 fully saturated rings. The van der Waals surface area contributed by atoms with Crippen LogP contribution in [-0.2, 0) is 0 Å². The smallest absolute Gasteiger partial charge is 0.129 e. The Labute approximate surface area is 103 Å². The molecule has 1 rings (SSSR count). The molecule has 0 saturated carbocycles. The molecule has 0 unspecified atom stereocenters. The third kappa shape index (κ3) is 3.98. The van der Waals surface area contributed by atoms with Crippen molar-refractivity contribution in [1.82, 2.24) is 4.98 Å². The highest BCUT2D eigenvalue weighted by Gasteiger charge is 2.12. The number of nitrogens with zero attached hydrogens (tertiary/aromatic N) is 2. The number of nitrogens with two attached hydrogens (primary N) is 1. The normalized spacial score (nSPS) is 12.8. The highest BCUT2D eigenvalue weighted by molar-refractivity contribution is 5.42. The summed E-state index contributed by atoms with van der Waals surface area (Å²) in [5.41, 5.74) is 6.96. The van der Waals surface area contributed by atoms with E-state index < -0.39 is 0 Å². The Balaban J connectivity index is 2.89. The van der Waals surface area contributed by atoms with E-state index >= 15 is 0 Å². The van der Waals surface area contributed by atoms with Crippen molar-refractivity contribution in [2.24, 2.45) is 5.73 Å². The second-order valence-electron chi connectivity index (χ2n) is 4.60. The van der Waals surface area contributed by atoms with Crippen LogP contribution >= 0.6 is 0 Å². The first-order valence-electron chi connectivity index (χ1n) is 6.15. The zero-order chi connectivity index (χ0) is 12.8. The molecule has 1 atom stereocenters. The molecular weight excluding hydrogens is 214 g/mol. The van der Waals surface area contributed by atoms with E-state index in [-0.39, 0.29) is 12.6 Å². The van der Waals surface area contributed by atoms with Gasteiger partial charge in [0, 0.05) is 31.4 Å². The average Bonchev–Trinajstić information content (AvgIpc) is 2.29. The lowest BCUT2D eigenvalue weighted by Gasteiger charge is -2.28. The SMILES string of the molecule is CC(C)N(CCCO)c1cc([C@@H](C)N)ccn1. The predicted molar refractivity (Wildman–Crippen MR) is 71.0 cm³/mol. The van der Waals surface area contributed by atoms with Crippen molar-refractivity contribution >= 4 is 5.82 Å². The predicted octanol–water partition coefficient (Wildman–Crippen LogP) is 1.70. The molecule has 0 aliphatic carbocycles. The first-order chi connectivity index (χ1) is 8.06. The van der Waals surface area contributed by atoms with E-state index in [1.54, 1.807) is 6.20 Å². The molecule has 0 amide bonds. The third-order valence-electron chi connectivity index (χ3n) is 2.77. The Kier molecular flexibility index (Phi) is 5.38. The number of anilines is 1. The maximum Gasteiger partial charge on any atom is 0.129 e. The highest BCUT2D eigenvalue weighted by atomic mass is 16.3. The number of hydrogen-bond acceptors (Lipinski definition) is 4. The van der Waals surface area contributed by atoms with Gasteiger partial charge >= 0.3 is 0 Å². The van der Waals surface area contributed by atoms with Crippen molar-refractivity contribution in [2.75, 3.05) is 18.1 Å². The van der Waals surface area contributed by atoms with E-state index in [2.05, 4.69) is 23.7 Å². The number of aromatic nitrogens is 1. The standard InChI is InChI=1S/C13H23N3O/c1-10(2)16(7-4-8-17)13-9-12(11(3)14)5-6-15-13/h5-6,9-11,17H,4,7-8,14H2,1-3H3/t11-/m1/s1. The summed E-state index contributed by atoms with van der Waals surface area (Å²) in [5.74, 6) is 0.934. The fourth-order valence-corrected chi connectivity index (χ4v) is 1.75. The number of aliphatic hydroxyl groups excluding tert-OH is 1. The van der Waals surface area contributed by atoms with Crippen molar-refractivity contribution in [3.05, 3.63) is 23.9 Å². The summed E-state index contributed by atoms with van der Waals surface area (Å²) in [6.07, 6.45) is 2.55. The maximum atomic E-state index is 8.92. The highest BCUT2D eigenvalue weighted by Crippen LogP contribution is 2.18. The van der Waals surface area contributed by atoms with Gasteiger partial charge in [0.1, 0.15) is 5.82 Å². The molecule has 0 aliphatic heterocycles. The molecule has 0 aliphatic rings. The van der Waals surface area contributed by atoms with Crippen LogP contribution in [-0.4, -0.2) is 29.3 Å². The van der Waals surface area contributed by atoms with Crippen LogP contribution in [0, 0.1) is 0 Å². The monoisotopic (exact) mass is 237 g/mol. The van der Waals surface area contributed by atoms with E-state index in [0.717, 1.165) is 24.3 Å². The van der Waals surface area contributed by atoms with Crippen LogP contribution in [0.3, 0.4) is 0 Å². The molecule has 96 valence electrons. The van der Waals surface area contributed by atoms with Crippen molar-refractivity contribution in [1.29, 1.82) is 0 Å². The van der Waals surface area contributed by atoms with Crippen molar-refractivity contribution < 1.29 is 5.11 Å². The van der Waals surface area contributed by atoms with Gasteiger partial charge in [0.2, 0.25) is 0 Å². The fraction of sp³-hybridized carbons (Fsp3) is 0.615. The summed E-state index contributed by atoms with van der Waals surface area (Å²) in [6.45, 7) is 7.22. The Hall–Kier alpha value is -1.13. The van der Waals surface area contributed by atoms with Crippen molar-refractivity contribution in [3.8, 4) is 0 Å². The van der Waals surface area contributed by atoms with Crippen LogP contribution in [0.5, 0.6) is 0 Å². The summed E-state index contributed by atoms with van der Waals surface area (Å²) in [7, 11) is 0. The molecule has 1 aromatic heterocycles. The van der Waals surface area contributed by atoms with Crippen molar-refractivity contribution in [3.63, 3.8) is 0 Å². The molecule has 0 bridgehead atoms. The van der Waals surface area contributed by atoms with Gasteiger partial charge in [0.25, 0.3) is 0 Å². The zero-order valence-electron chi connectivity index (χ0n) is 10.9. The second kappa shape index (κ2) is 6.57. The lowest BCUT2D eigenvalue weighted by atomic mass is 10.1. The van der Waals surface area contributed by atoms with Gasteiger partial charge < -0.3 is 15.7 Å². The van der Waals surface area contributed by atoms with Gasteiger partial charge in [-0.2, -0.15) is 0 Å². The molecule has 4 nitrogen and oxygen atoms in total. The minimum absolute atomic E-state index is 0.0172. The van der Waals surface area contributed by atoms with E-state index in [1.165, 1.54) is 0 Å². The number of pyridine rings is 1. The van der Waals surface area contributed by atoms with Crippen LogP contribution in [0.4, 0.5) is 5.82 Å². The first-order valence-corrected chi connectivity index (χ1v) is 6.15. The average molecular weight is 237 g/mol. The molecule has 1 aromatic rings. The minimum Gasteiger partial charge on any atom is -0.396 e. The summed E-state index contributed by atoms with van der Waals surface area (Å²) in [6, 6.07) is 4.35. The van der Waals surface area contributed by atoms with Gasteiger partial charge in [-0.05, 0) is 44.9 Å². The van der Waals surface area contributed by atoms with E-state index in [1.807, 2.05) is 19.1 Å². The zero-order valence-corrected chi connectivity index (χ0v) is 10.9. The van der Waals surface area contributed by atoms with Gasteiger partial charge in [0.05, 0.1) is 0 Å². The third-order valence-corrected chi connectivity index (χ3v) is 2.77. The summed E-state index contributed by atoms with van der Waals surface area (Å²) in [4.78, 5) is 6.57. The fourth-order valence-electron chi connectivity index (χ4n) is 1.75. The number of hydrogen-bond donors (Lipinski definition) is 2. The van der Waals surface area contributed by atoms with E-state index in [9.17, 15) is 0 Å². The Morgan fingerprint density at radius 3 is 2.65 bits per heavy atom. The van der Waals surface area contributed by atoms with Gasteiger partial charge in [-0.3, -0.25) is 0 Å². The maximum absolute atomic E-state index is 8.92. The van der Waals surface area contributed by atoms with E-state index in [4.69, 9.17) is 10.8 Å². The molecule has 3 N–H and O–H groups in total. The second-order valence-corrected chi connectivity index (χ2v) is 4.60. The van der Waals surface area contributed by atoms with Crippen LogP contribution < -0.4 is 10.6 Å². The molecule has 0 radical (unpaired) electrons. The number of rotatable bonds is 6. The van der Waals surface area contributed by atoms with Crippen LogP contribution in [0.15, 0.2) is 18.3 Å². The topological polar surface area (TPSA) is 62.4 Å². The van der Waals surface area contributed by atoms with Gasteiger partial charge in [0.15, 0.2) is 0 Å². The molecular formula is C13H23N3O. The lowest BCUT2D eigenvalue weighted by molar-refractivity contribution is 0.288. The Bertz CT molecular complexity index is 339. The Morgan fingerprint density at radius 2 is 2.12 bits per heavy atom. The molecule has 17 heavy (non-hydrogen) atoms. The Morgan fingerprint density at radius 1 is 1.41 bits per heavy atom. The minimum atomic E-state index is 0.0172. The largest absolute Gasteiger partial charge is 0.396 e. The molecule has 0 saturated heterocycles. The molecule has 0 spiro atoms. The summed E-state index contributed by atoms with van der Waals surface area (Å²) in [5, 5.41) is 8.92. The quantitative estimate of drug-likeness (QED) is 0.790. The van der Waals surface area contributed by atoms with E-state index in [0.29, 0.717) is 6.04 Å². The van der Waals surface area contributed by atoms with Crippen LogP contribution in [0.1, 0.15) is 38.8 Å². The lowest BCUT2D eigenvalue weighted by Crippen LogP contribution is -2.33. The number of aliphatic hydroxyl groups is 1. The van der Waals surface area contributed by atoms with Gasteiger partial charge in [-0.15, -0.1) is 0 Å². The summed E-state index contributed by atoms with van der Waals surface area (Å²) >= 11 is 0. The molecule has 1 heterocycles.